The van der Waals surface area contributed by atoms with E-state index in [9.17, 15) is 9.59 Å². The monoisotopic (exact) mass is 448 g/mol. The maximum Gasteiger partial charge on any atom is 0.336 e. The van der Waals surface area contributed by atoms with Gasteiger partial charge in [-0.2, -0.15) is 5.10 Å². The summed E-state index contributed by atoms with van der Waals surface area (Å²) in [5.74, 6) is 0.831. The second kappa shape index (κ2) is 8.47. The Kier molecular flexibility index (Phi) is 5.36. The standard InChI is InChI=1S/C24H20N2O5S/c1-2-15-11-24(28)31-21-12-16(7-8-17(15)21)30-14-23(27)26-19(22-6-4-10-32-22)13-18(25-26)20-5-3-9-29-20/h3-12,19H,2,13-14H2,1H3. The highest BCUT2D eigenvalue weighted by atomic mass is 32.1. The summed E-state index contributed by atoms with van der Waals surface area (Å²) < 4.78 is 16.5. The molecule has 1 atom stereocenters. The smallest absolute Gasteiger partial charge is 0.336 e. The molecule has 3 aromatic heterocycles. The second-order valence-corrected chi connectivity index (χ2v) is 8.37. The van der Waals surface area contributed by atoms with Crippen LogP contribution in [0.5, 0.6) is 5.75 Å². The average molecular weight is 449 g/mol. The average Bonchev–Trinajstić information content (AvgIpc) is 3.56. The number of carbonyl (C=O) groups is 1. The van der Waals surface area contributed by atoms with E-state index < -0.39 is 5.63 Å². The summed E-state index contributed by atoms with van der Waals surface area (Å²) in [5, 5.41) is 8.85. The number of hydrogen-bond donors (Lipinski definition) is 0. The zero-order chi connectivity index (χ0) is 22.1. The quantitative estimate of drug-likeness (QED) is 0.397. The fraction of sp³-hybridized carbons (Fsp3) is 0.208. The first-order valence-electron chi connectivity index (χ1n) is 10.3. The first-order chi connectivity index (χ1) is 15.6. The Bertz CT molecular complexity index is 1340. The number of rotatable bonds is 6. The van der Waals surface area contributed by atoms with Gasteiger partial charge in [-0.25, -0.2) is 9.80 Å². The fourth-order valence-corrected chi connectivity index (χ4v) is 4.65. The Morgan fingerprint density at radius 2 is 2.16 bits per heavy atom. The lowest BCUT2D eigenvalue weighted by atomic mass is 10.1. The van der Waals surface area contributed by atoms with Crippen LogP contribution in [0.3, 0.4) is 0 Å². The van der Waals surface area contributed by atoms with Gasteiger partial charge in [0.25, 0.3) is 5.91 Å². The predicted octanol–water partition coefficient (Wildman–Crippen LogP) is 4.77. The number of furan rings is 1. The van der Waals surface area contributed by atoms with E-state index in [-0.39, 0.29) is 18.6 Å². The Morgan fingerprint density at radius 1 is 1.25 bits per heavy atom. The molecule has 7 nitrogen and oxygen atoms in total. The summed E-state index contributed by atoms with van der Waals surface area (Å²) >= 11 is 1.58. The molecular formula is C24H20N2O5S. The molecule has 1 aromatic carbocycles. The van der Waals surface area contributed by atoms with Crippen LogP contribution in [-0.2, 0) is 11.2 Å². The number of hydrogen-bond acceptors (Lipinski definition) is 7. The highest BCUT2D eigenvalue weighted by molar-refractivity contribution is 7.10. The lowest BCUT2D eigenvalue weighted by molar-refractivity contribution is -0.135. The van der Waals surface area contributed by atoms with Crippen molar-refractivity contribution in [1.82, 2.24) is 5.01 Å². The second-order valence-electron chi connectivity index (χ2n) is 7.39. The summed E-state index contributed by atoms with van der Waals surface area (Å²) in [6.45, 7) is 1.79. The number of carbonyl (C=O) groups excluding carboxylic acids is 1. The van der Waals surface area contributed by atoms with Gasteiger partial charge in [-0.15, -0.1) is 11.3 Å². The van der Waals surface area contributed by atoms with Gasteiger partial charge in [0.05, 0.1) is 12.3 Å². The molecule has 4 heterocycles. The number of nitrogens with zero attached hydrogens (tertiary/aromatic N) is 2. The van der Waals surface area contributed by atoms with E-state index in [2.05, 4.69) is 5.10 Å². The van der Waals surface area contributed by atoms with E-state index >= 15 is 0 Å². The van der Waals surface area contributed by atoms with Gasteiger partial charge in [0, 0.05) is 28.8 Å². The van der Waals surface area contributed by atoms with Gasteiger partial charge in [0.1, 0.15) is 22.8 Å². The van der Waals surface area contributed by atoms with Gasteiger partial charge in [-0.05, 0) is 47.7 Å². The van der Waals surface area contributed by atoms with Crippen molar-refractivity contribution in [2.75, 3.05) is 6.61 Å². The van der Waals surface area contributed by atoms with Crippen molar-refractivity contribution >= 4 is 33.9 Å². The Balaban J connectivity index is 1.36. The van der Waals surface area contributed by atoms with Crippen LogP contribution in [0.4, 0.5) is 0 Å². The van der Waals surface area contributed by atoms with E-state index in [1.165, 1.54) is 11.1 Å². The number of amides is 1. The molecule has 0 saturated carbocycles. The zero-order valence-corrected chi connectivity index (χ0v) is 18.1. The van der Waals surface area contributed by atoms with Crippen molar-refractivity contribution < 1.29 is 18.4 Å². The Morgan fingerprint density at radius 3 is 2.91 bits per heavy atom. The first kappa shape index (κ1) is 20.3. The molecule has 0 radical (unpaired) electrons. The number of aryl methyl sites for hydroxylation is 1. The molecule has 0 bridgehead atoms. The van der Waals surface area contributed by atoms with Crippen molar-refractivity contribution in [3.63, 3.8) is 0 Å². The van der Waals surface area contributed by atoms with Crippen molar-refractivity contribution in [2.24, 2.45) is 5.10 Å². The number of ether oxygens (including phenoxy) is 1. The fourth-order valence-electron chi connectivity index (χ4n) is 3.84. The zero-order valence-electron chi connectivity index (χ0n) is 17.3. The molecule has 0 N–H and O–H groups in total. The van der Waals surface area contributed by atoms with Crippen molar-refractivity contribution in [1.29, 1.82) is 0 Å². The van der Waals surface area contributed by atoms with Crippen molar-refractivity contribution in [2.45, 2.75) is 25.8 Å². The third-order valence-electron chi connectivity index (χ3n) is 5.39. The third kappa shape index (κ3) is 3.85. The number of thiophene rings is 1. The maximum absolute atomic E-state index is 13.1. The molecule has 0 fully saturated rings. The van der Waals surface area contributed by atoms with Gasteiger partial charge >= 0.3 is 5.63 Å². The van der Waals surface area contributed by atoms with Crippen LogP contribution >= 0.6 is 11.3 Å². The highest BCUT2D eigenvalue weighted by Crippen LogP contribution is 2.35. The molecule has 0 aliphatic carbocycles. The molecule has 0 saturated heterocycles. The topological polar surface area (TPSA) is 85.2 Å². The van der Waals surface area contributed by atoms with Crippen LogP contribution in [0.2, 0.25) is 0 Å². The Labute approximate surface area is 187 Å². The molecule has 32 heavy (non-hydrogen) atoms. The van der Waals surface area contributed by atoms with E-state index in [1.807, 2.05) is 36.6 Å². The lowest BCUT2D eigenvalue weighted by Gasteiger charge is -2.20. The van der Waals surface area contributed by atoms with Crippen LogP contribution in [-0.4, -0.2) is 23.2 Å². The van der Waals surface area contributed by atoms with Crippen LogP contribution < -0.4 is 10.4 Å². The minimum absolute atomic E-state index is 0.194. The van der Waals surface area contributed by atoms with E-state index in [4.69, 9.17) is 13.6 Å². The molecule has 1 aliphatic rings. The van der Waals surface area contributed by atoms with Crippen LogP contribution in [0.25, 0.3) is 11.0 Å². The summed E-state index contributed by atoms with van der Waals surface area (Å²) in [7, 11) is 0. The minimum atomic E-state index is -0.404. The summed E-state index contributed by atoms with van der Waals surface area (Å²) in [5.41, 5.74) is 1.67. The molecule has 162 valence electrons. The van der Waals surface area contributed by atoms with E-state index in [1.54, 1.807) is 35.8 Å². The lowest BCUT2D eigenvalue weighted by Crippen LogP contribution is -2.31. The highest BCUT2D eigenvalue weighted by Gasteiger charge is 2.34. The molecule has 5 rings (SSSR count). The van der Waals surface area contributed by atoms with Crippen LogP contribution in [0, 0.1) is 0 Å². The Hall–Kier alpha value is -3.65. The number of fused-ring (bicyclic) bond motifs is 1. The van der Waals surface area contributed by atoms with Gasteiger partial charge in [0.15, 0.2) is 6.61 Å². The SMILES string of the molecule is CCc1cc(=O)oc2cc(OCC(=O)N3N=C(c4ccco4)CC3c3cccs3)ccc12. The first-order valence-corrected chi connectivity index (χ1v) is 11.2. The number of hydrazone groups is 1. The van der Waals surface area contributed by atoms with E-state index in [0.29, 0.717) is 23.5 Å². The molecule has 4 aromatic rings. The normalized spacial score (nSPS) is 15.8. The summed E-state index contributed by atoms with van der Waals surface area (Å²) in [6.07, 6.45) is 2.88. The summed E-state index contributed by atoms with van der Waals surface area (Å²) in [6, 6.07) is 14.1. The van der Waals surface area contributed by atoms with Crippen LogP contribution in [0.1, 0.15) is 35.6 Å². The van der Waals surface area contributed by atoms with Gasteiger partial charge in [-0.1, -0.05) is 13.0 Å². The minimum Gasteiger partial charge on any atom is -0.484 e. The number of benzene rings is 1. The van der Waals surface area contributed by atoms with E-state index in [0.717, 1.165) is 28.0 Å². The van der Waals surface area contributed by atoms with Gasteiger partial charge in [-0.3, -0.25) is 4.79 Å². The van der Waals surface area contributed by atoms with Crippen LogP contribution in [0.15, 0.2) is 78.9 Å². The molecular weight excluding hydrogens is 428 g/mol. The maximum atomic E-state index is 13.1. The summed E-state index contributed by atoms with van der Waals surface area (Å²) in [4.78, 5) is 25.9. The molecule has 1 unspecified atom stereocenters. The van der Waals surface area contributed by atoms with Gasteiger partial charge < -0.3 is 13.6 Å². The third-order valence-corrected chi connectivity index (χ3v) is 6.36. The van der Waals surface area contributed by atoms with Crippen molar-refractivity contribution in [3.05, 3.63) is 86.8 Å². The van der Waals surface area contributed by atoms with Crippen molar-refractivity contribution in [3.8, 4) is 5.75 Å². The molecule has 0 spiro atoms. The molecule has 1 amide bonds. The largest absolute Gasteiger partial charge is 0.484 e. The molecule has 8 heteroatoms. The predicted molar refractivity (Wildman–Crippen MR) is 121 cm³/mol. The van der Waals surface area contributed by atoms with Gasteiger partial charge in [0.2, 0.25) is 0 Å². The molecule has 1 aliphatic heterocycles.